The summed E-state index contributed by atoms with van der Waals surface area (Å²) in [5.41, 5.74) is 0.931. The predicted molar refractivity (Wildman–Crippen MR) is 70.8 cm³/mol. The summed E-state index contributed by atoms with van der Waals surface area (Å²) >= 11 is 6.10. The summed E-state index contributed by atoms with van der Waals surface area (Å²) in [4.78, 5) is 13.8. The van der Waals surface area contributed by atoms with Gasteiger partial charge in [-0.15, -0.1) is 0 Å². The molecular formula is C13H17ClN2O2. The molecule has 4 nitrogen and oxygen atoms in total. The van der Waals surface area contributed by atoms with Crippen molar-refractivity contribution in [2.45, 2.75) is 13.0 Å². The highest BCUT2D eigenvalue weighted by molar-refractivity contribution is 6.31. The van der Waals surface area contributed by atoms with Gasteiger partial charge in [-0.2, -0.15) is 0 Å². The lowest BCUT2D eigenvalue weighted by Crippen LogP contribution is -2.46. The molecule has 2 amide bonds. The van der Waals surface area contributed by atoms with Gasteiger partial charge in [0.25, 0.3) is 0 Å². The number of nitrogens with one attached hydrogen (secondary N) is 1. The summed E-state index contributed by atoms with van der Waals surface area (Å²) in [6, 6.07) is 7.38. The molecule has 1 N–H and O–H groups in total. The molecule has 1 atom stereocenters. The molecule has 18 heavy (non-hydrogen) atoms. The Morgan fingerprint density at radius 3 is 2.72 bits per heavy atom. The molecule has 0 saturated carbocycles. The molecule has 1 aliphatic rings. The highest BCUT2D eigenvalue weighted by Crippen LogP contribution is 2.22. The Bertz CT molecular complexity index is 419. The van der Waals surface area contributed by atoms with Crippen LogP contribution in [0.5, 0.6) is 0 Å². The minimum absolute atomic E-state index is 0.0641. The number of carbonyl (C=O) groups is 1. The molecule has 98 valence electrons. The maximum absolute atomic E-state index is 12.0. The molecule has 1 aromatic carbocycles. The van der Waals surface area contributed by atoms with Crippen LogP contribution >= 0.6 is 11.6 Å². The normalized spacial score (nSPS) is 17.3. The topological polar surface area (TPSA) is 41.6 Å². The van der Waals surface area contributed by atoms with E-state index >= 15 is 0 Å². The lowest BCUT2D eigenvalue weighted by atomic mass is 10.1. The van der Waals surface area contributed by atoms with Gasteiger partial charge in [-0.25, -0.2) is 4.79 Å². The van der Waals surface area contributed by atoms with Gasteiger partial charge in [0, 0.05) is 18.1 Å². The molecule has 1 heterocycles. The molecule has 1 unspecified atom stereocenters. The van der Waals surface area contributed by atoms with Gasteiger partial charge in [0.1, 0.15) is 0 Å². The monoisotopic (exact) mass is 268 g/mol. The van der Waals surface area contributed by atoms with Crippen LogP contribution in [0.2, 0.25) is 5.02 Å². The van der Waals surface area contributed by atoms with Crippen LogP contribution in [0.4, 0.5) is 4.79 Å². The summed E-state index contributed by atoms with van der Waals surface area (Å²) in [6.07, 6.45) is 0. The van der Waals surface area contributed by atoms with Crippen LogP contribution < -0.4 is 5.32 Å². The third-order valence-corrected chi connectivity index (χ3v) is 3.35. The Hall–Kier alpha value is -1.26. The third-order valence-electron chi connectivity index (χ3n) is 3.01. The Morgan fingerprint density at radius 1 is 1.39 bits per heavy atom. The second-order valence-electron chi connectivity index (χ2n) is 4.29. The number of amides is 2. The predicted octanol–water partition coefficient (Wildman–Crippen LogP) is 2.44. The van der Waals surface area contributed by atoms with Crippen LogP contribution in [-0.4, -0.2) is 37.2 Å². The summed E-state index contributed by atoms with van der Waals surface area (Å²) in [5, 5.41) is 3.63. The Morgan fingerprint density at radius 2 is 2.06 bits per heavy atom. The minimum Gasteiger partial charge on any atom is -0.378 e. The number of hydrogen-bond donors (Lipinski definition) is 1. The Kier molecular flexibility index (Phi) is 4.44. The number of morpholine rings is 1. The van der Waals surface area contributed by atoms with Gasteiger partial charge in [-0.3, -0.25) is 0 Å². The number of rotatable bonds is 2. The minimum atomic E-state index is -0.103. The summed E-state index contributed by atoms with van der Waals surface area (Å²) in [5.74, 6) is 0. The van der Waals surface area contributed by atoms with Crippen molar-refractivity contribution in [3.8, 4) is 0 Å². The van der Waals surface area contributed by atoms with E-state index in [9.17, 15) is 4.79 Å². The third kappa shape index (κ3) is 3.15. The molecule has 0 bridgehead atoms. The van der Waals surface area contributed by atoms with Gasteiger partial charge in [0.15, 0.2) is 0 Å². The first-order valence-electron chi connectivity index (χ1n) is 6.06. The van der Waals surface area contributed by atoms with Crippen molar-refractivity contribution >= 4 is 17.6 Å². The van der Waals surface area contributed by atoms with Gasteiger partial charge in [-0.1, -0.05) is 29.8 Å². The standard InChI is InChI=1S/C13H17ClN2O2/c1-10(11-4-2-3-5-12(11)14)15-13(17)16-6-8-18-9-7-16/h2-5,10H,6-9H2,1H3,(H,15,17). The maximum Gasteiger partial charge on any atom is 0.318 e. The maximum atomic E-state index is 12.0. The van der Waals surface area contributed by atoms with Gasteiger partial charge in [0.05, 0.1) is 19.3 Å². The molecule has 1 aromatic rings. The largest absolute Gasteiger partial charge is 0.378 e. The zero-order valence-corrected chi connectivity index (χ0v) is 11.1. The SMILES string of the molecule is CC(NC(=O)N1CCOCC1)c1ccccc1Cl. The van der Waals surface area contributed by atoms with Crippen LogP contribution in [0.3, 0.4) is 0 Å². The highest BCUT2D eigenvalue weighted by Gasteiger charge is 2.19. The number of ether oxygens (including phenoxy) is 1. The van der Waals surface area contributed by atoms with E-state index < -0.39 is 0 Å². The van der Waals surface area contributed by atoms with E-state index in [2.05, 4.69) is 5.32 Å². The molecular weight excluding hydrogens is 252 g/mol. The van der Waals surface area contributed by atoms with Crippen LogP contribution in [0.15, 0.2) is 24.3 Å². The van der Waals surface area contributed by atoms with Gasteiger partial charge in [-0.05, 0) is 18.6 Å². The quantitative estimate of drug-likeness (QED) is 0.895. The Balaban J connectivity index is 1.96. The molecule has 0 aromatic heterocycles. The second kappa shape index (κ2) is 6.07. The number of nitrogens with zero attached hydrogens (tertiary/aromatic N) is 1. The first-order chi connectivity index (χ1) is 8.68. The van der Waals surface area contributed by atoms with Crippen LogP contribution in [0, 0.1) is 0 Å². The number of hydrogen-bond acceptors (Lipinski definition) is 2. The van der Waals surface area contributed by atoms with Crippen LogP contribution in [0.1, 0.15) is 18.5 Å². The van der Waals surface area contributed by atoms with Crippen molar-refractivity contribution in [2.24, 2.45) is 0 Å². The lowest BCUT2D eigenvalue weighted by molar-refractivity contribution is 0.0526. The summed E-state index contributed by atoms with van der Waals surface area (Å²) in [6.45, 7) is 4.42. The van der Waals surface area contributed by atoms with Gasteiger partial charge >= 0.3 is 6.03 Å². The molecule has 1 fully saturated rings. The van der Waals surface area contributed by atoms with Crippen molar-refractivity contribution in [3.05, 3.63) is 34.9 Å². The van der Waals surface area contributed by atoms with Crippen LogP contribution in [-0.2, 0) is 4.74 Å². The fourth-order valence-electron chi connectivity index (χ4n) is 1.95. The lowest BCUT2D eigenvalue weighted by Gasteiger charge is -2.28. The average Bonchev–Trinajstić information content (AvgIpc) is 2.40. The fourth-order valence-corrected chi connectivity index (χ4v) is 2.25. The van der Waals surface area contributed by atoms with Gasteiger partial charge < -0.3 is 15.0 Å². The van der Waals surface area contributed by atoms with E-state index in [1.165, 1.54) is 0 Å². The van der Waals surface area contributed by atoms with Crippen LogP contribution in [0.25, 0.3) is 0 Å². The fraction of sp³-hybridized carbons (Fsp3) is 0.462. The van der Waals surface area contributed by atoms with E-state index in [4.69, 9.17) is 16.3 Å². The van der Waals surface area contributed by atoms with Crippen molar-refractivity contribution in [1.82, 2.24) is 10.2 Å². The Labute approximate surface area is 112 Å². The number of urea groups is 1. The molecule has 0 aliphatic carbocycles. The average molecular weight is 269 g/mol. The number of carbonyl (C=O) groups excluding carboxylic acids is 1. The van der Waals surface area contributed by atoms with Crippen molar-refractivity contribution < 1.29 is 9.53 Å². The molecule has 0 radical (unpaired) electrons. The number of halogens is 1. The first kappa shape index (κ1) is 13.2. The van der Waals surface area contributed by atoms with E-state index in [0.29, 0.717) is 31.3 Å². The van der Waals surface area contributed by atoms with E-state index in [-0.39, 0.29) is 12.1 Å². The zero-order chi connectivity index (χ0) is 13.0. The summed E-state index contributed by atoms with van der Waals surface area (Å²) < 4.78 is 5.22. The molecule has 0 spiro atoms. The van der Waals surface area contributed by atoms with Crippen molar-refractivity contribution in [3.63, 3.8) is 0 Å². The van der Waals surface area contributed by atoms with E-state index in [0.717, 1.165) is 5.56 Å². The van der Waals surface area contributed by atoms with Gasteiger partial charge in [0.2, 0.25) is 0 Å². The molecule has 1 aliphatic heterocycles. The van der Waals surface area contributed by atoms with E-state index in [1.807, 2.05) is 31.2 Å². The second-order valence-corrected chi connectivity index (χ2v) is 4.70. The smallest absolute Gasteiger partial charge is 0.318 e. The number of benzene rings is 1. The van der Waals surface area contributed by atoms with E-state index in [1.54, 1.807) is 4.90 Å². The molecule has 2 rings (SSSR count). The highest BCUT2D eigenvalue weighted by atomic mass is 35.5. The first-order valence-corrected chi connectivity index (χ1v) is 6.44. The zero-order valence-electron chi connectivity index (χ0n) is 10.4. The van der Waals surface area contributed by atoms with Crippen molar-refractivity contribution in [2.75, 3.05) is 26.3 Å². The van der Waals surface area contributed by atoms with Crippen molar-refractivity contribution in [1.29, 1.82) is 0 Å². The molecule has 5 heteroatoms. The summed E-state index contributed by atoms with van der Waals surface area (Å²) in [7, 11) is 0. The molecule has 1 saturated heterocycles.